The molecule has 0 aliphatic carbocycles. The largest absolute Gasteiger partial charge is 0.476 e. The minimum atomic E-state index is -0.976. The van der Waals surface area contributed by atoms with E-state index in [4.69, 9.17) is 0 Å². The standard InChI is InChI=1S/C13H15N3O2/c1-15(2)11-10(9-7-5-4-6-8-9)14-16(3)12(11)13(17)18/h4-8H,1-3H3,(H,17,18). The molecular weight excluding hydrogens is 230 g/mol. The van der Waals surface area contributed by atoms with Crippen molar-refractivity contribution in [1.29, 1.82) is 0 Å². The van der Waals surface area contributed by atoms with Crippen LogP contribution >= 0.6 is 0 Å². The highest BCUT2D eigenvalue weighted by atomic mass is 16.4. The van der Waals surface area contributed by atoms with Gasteiger partial charge in [0.05, 0.1) is 5.69 Å². The lowest BCUT2D eigenvalue weighted by atomic mass is 10.1. The summed E-state index contributed by atoms with van der Waals surface area (Å²) in [7, 11) is 5.27. The Morgan fingerprint density at radius 1 is 1.28 bits per heavy atom. The Hall–Kier alpha value is -2.30. The molecule has 2 aromatic rings. The summed E-state index contributed by atoms with van der Waals surface area (Å²) in [6, 6.07) is 9.57. The van der Waals surface area contributed by atoms with Gasteiger partial charge in [0.25, 0.3) is 0 Å². The zero-order valence-corrected chi connectivity index (χ0v) is 10.6. The van der Waals surface area contributed by atoms with Gasteiger partial charge in [0.2, 0.25) is 0 Å². The van der Waals surface area contributed by atoms with Crippen LogP contribution in [-0.2, 0) is 7.05 Å². The molecule has 94 valence electrons. The molecule has 2 rings (SSSR count). The lowest BCUT2D eigenvalue weighted by Gasteiger charge is -2.13. The molecule has 0 aliphatic rings. The number of nitrogens with zero attached hydrogens (tertiary/aromatic N) is 3. The lowest BCUT2D eigenvalue weighted by Crippen LogP contribution is -2.15. The van der Waals surface area contributed by atoms with Crippen molar-refractivity contribution in [3.8, 4) is 11.3 Å². The third-order valence-electron chi connectivity index (χ3n) is 2.72. The van der Waals surface area contributed by atoms with Crippen LogP contribution in [0.1, 0.15) is 10.5 Å². The van der Waals surface area contributed by atoms with E-state index >= 15 is 0 Å². The summed E-state index contributed by atoms with van der Waals surface area (Å²) in [5.74, 6) is -0.976. The average molecular weight is 245 g/mol. The number of hydrogen-bond donors (Lipinski definition) is 1. The number of carboxylic acids is 1. The van der Waals surface area contributed by atoms with E-state index in [1.807, 2.05) is 44.4 Å². The first-order valence-corrected chi connectivity index (χ1v) is 5.55. The van der Waals surface area contributed by atoms with E-state index < -0.39 is 5.97 Å². The van der Waals surface area contributed by atoms with Crippen LogP contribution in [0.2, 0.25) is 0 Å². The van der Waals surface area contributed by atoms with Gasteiger partial charge >= 0.3 is 5.97 Å². The fourth-order valence-electron chi connectivity index (χ4n) is 1.97. The summed E-state index contributed by atoms with van der Waals surface area (Å²) in [5, 5.41) is 13.6. The smallest absolute Gasteiger partial charge is 0.356 e. The number of carboxylic acid groups (broad SMARTS) is 1. The Morgan fingerprint density at radius 2 is 1.89 bits per heavy atom. The van der Waals surface area contributed by atoms with Crippen molar-refractivity contribution in [2.24, 2.45) is 7.05 Å². The summed E-state index contributed by atoms with van der Waals surface area (Å²) in [5.41, 5.74) is 2.40. The van der Waals surface area contributed by atoms with Gasteiger partial charge in [0.15, 0.2) is 5.69 Å². The van der Waals surface area contributed by atoms with Crippen molar-refractivity contribution >= 4 is 11.7 Å². The Balaban J connectivity index is 2.69. The fraction of sp³-hybridized carbons (Fsp3) is 0.231. The van der Waals surface area contributed by atoms with Crippen LogP contribution < -0.4 is 4.90 Å². The average Bonchev–Trinajstić information content (AvgIpc) is 2.68. The SMILES string of the molecule is CN(C)c1c(-c2ccccc2)nn(C)c1C(=O)O. The van der Waals surface area contributed by atoms with Crippen molar-refractivity contribution in [3.63, 3.8) is 0 Å². The van der Waals surface area contributed by atoms with Crippen LogP contribution in [0, 0.1) is 0 Å². The molecule has 0 fully saturated rings. The highest BCUT2D eigenvalue weighted by Gasteiger charge is 2.23. The zero-order chi connectivity index (χ0) is 13.3. The highest BCUT2D eigenvalue weighted by Crippen LogP contribution is 2.31. The molecule has 1 N–H and O–H groups in total. The Morgan fingerprint density at radius 3 is 2.39 bits per heavy atom. The number of aromatic carboxylic acids is 1. The van der Waals surface area contributed by atoms with Gasteiger partial charge in [-0.25, -0.2) is 4.79 Å². The number of aromatic nitrogens is 2. The second-order valence-corrected chi connectivity index (χ2v) is 4.24. The van der Waals surface area contributed by atoms with E-state index in [9.17, 15) is 9.90 Å². The highest BCUT2D eigenvalue weighted by molar-refractivity contribution is 5.97. The maximum absolute atomic E-state index is 11.3. The summed E-state index contributed by atoms with van der Waals surface area (Å²) in [6.45, 7) is 0. The lowest BCUT2D eigenvalue weighted by molar-refractivity contribution is 0.0685. The van der Waals surface area contributed by atoms with Gasteiger partial charge in [-0.3, -0.25) is 4.68 Å². The predicted molar refractivity (Wildman–Crippen MR) is 69.9 cm³/mol. The molecular formula is C13H15N3O2. The molecule has 1 aromatic heterocycles. The van der Waals surface area contributed by atoms with Crippen LogP contribution in [0.5, 0.6) is 0 Å². The van der Waals surface area contributed by atoms with Crippen LogP contribution in [0.3, 0.4) is 0 Å². The van der Waals surface area contributed by atoms with E-state index in [1.54, 1.807) is 11.9 Å². The van der Waals surface area contributed by atoms with Crippen molar-refractivity contribution in [1.82, 2.24) is 9.78 Å². The third kappa shape index (κ3) is 1.95. The maximum atomic E-state index is 11.3. The van der Waals surface area contributed by atoms with E-state index in [0.29, 0.717) is 11.4 Å². The minimum absolute atomic E-state index is 0.193. The monoisotopic (exact) mass is 245 g/mol. The molecule has 0 unspecified atom stereocenters. The van der Waals surface area contributed by atoms with Gasteiger partial charge in [-0.2, -0.15) is 5.10 Å². The van der Waals surface area contributed by atoms with Crippen molar-refractivity contribution < 1.29 is 9.90 Å². The van der Waals surface area contributed by atoms with E-state index in [2.05, 4.69) is 5.10 Å². The van der Waals surface area contributed by atoms with Gasteiger partial charge in [0.1, 0.15) is 5.69 Å². The van der Waals surface area contributed by atoms with E-state index in [1.165, 1.54) is 4.68 Å². The number of rotatable bonds is 3. The Bertz CT molecular complexity index is 573. The van der Waals surface area contributed by atoms with Crippen molar-refractivity contribution in [2.45, 2.75) is 0 Å². The number of carbonyl (C=O) groups is 1. The molecule has 0 aliphatic heterocycles. The van der Waals surface area contributed by atoms with E-state index in [0.717, 1.165) is 5.56 Å². The first-order chi connectivity index (χ1) is 8.52. The van der Waals surface area contributed by atoms with Crippen LogP contribution in [0.25, 0.3) is 11.3 Å². The molecule has 5 heteroatoms. The molecule has 0 bridgehead atoms. The first kappa shape index (κ1) is 12.2. The first-order valence-electron chi connectivity index (χ1n) is 5.55. The van der Waals surface area contributed by atoms with Gasteiger partial charge in [-0.05, 0) is 0 Å². The van der Waals surface area contributed by atoms with Crippen LogP contribution in [0.15, 0.2) is 30.3 Å². The second-order valence-electron chi connectivity index (χ2n) is 4.24. The normalized spacial score (nSPS) is 10.4. The molecule has 0 amide bonds. The summed E-state index contributed by atoms with van der Waals surface area (Å²) in [6.07, 6.45) is 0. The predicted octanol–water partition coefficient (Wildman–Crippen LogP) is 1.85. The topological polar surface area (TPSA) is 58.4 Å². The Kier molecular flexibility index (Phi) is 3.06. The third-order valence-corrected chi connectivity index (χ3v) is 2.72. The summed E-state index contributed by atoms with van der Waals surface area (Å²) >= 11 is 0. The van der Waals surface area contributed by atoms with Gasteiger partial charge in [-0.15, -0.1) is 0 Å². The van der Waals surface area contributed by atoms with Gasteiger partial charge < -0.3 is 10.0 Å². The molecule has 0 saturated heterocycles. The molecule has 1 aromatic carbocycles. The van der Waals surface area contributed by atoms with Crippen LogP contribution in [0.4, 0.5) is 5.69 Å². The van der Waals surface area contributed by atoms with Gasteiger partial charge in [-0.1, -0.05) is 30.3 Å². The molecule has 18 heavy (non-hydrogen) atoms. The Labute approximate surface area is 105 Å². The number of anilines is 1. The van der Waals surface area contributed by atoms with Crippen molar-refractivity contribution in [3.05, 3.63) is 36.0 Å². The molecule has 0 saturated carbocycles. The van der Waals surface area contributed by atoms with Crippen LogP contribution in [-0.4, -0.2) is 35.0 Å². The summed E-state index contributed by atoms with van der Waals surface area (Å²) < 4.78 is 1.40. The number of benzene rings is 1. The number of hydrogen-bond acceptors (Lipinski definition) is 3. The second kappa shape index (κ2) is 4.52. The minimum Gasteiger partial charge on any atom is -0.476 e. The molecule has 0 atom stereocenters. The van der Waals surface area contributed by atoms with Crippen molar-refractivity contribution in [2.75, 3.05) is 19.0 Å². The molecule has 1 heterocycles. The van der Waals surface area contributed by atoms with Gasteiger partial charge in [0, 0.05) is 26.7 Å². The molecule has 0 radical (unpaired) electrons. The zero-order valence-electron chi connectivity index (χ0n) is 10.6. The molecule has 0 spiro atoms. The van der Waals surface area contributed by atoms with E-state index in [-0.39, 0.29) is 5.69 Å². The summed E-state index contributed by atoms with van der Waals surface area (Å²) in [4.78, 5) is 13.1. The fourth-order valence-corrected chi connectivity index (χ4v) is 1.97. The number of aryl methyl sites for hydroxylation is 1. The quantitative estimate of drug-likeness (QED) is 0.896. The maximum Gasteiger partial charge on any atom is 0.356 e. The molecule has 5 nitrogen and oxygen atoms in total.